The van der Waals surface area contributed by atoms with Crippen molar-refractivity contribution >= 4 is 22.5 Å². The molecule has 1 aromatic heterocycles. The van der Waals surface area contributed by atoms with E-state index in [2.05, 4.69) is 9.97 Å². The molecule has 0 spiro atoms. The highest BCUT2D eigenvalue weighted by Crippen LogP contribution is 2.14. The second-order valence-electron chi connectivity index (χ2n) is 4.87. The van der Waals surface area contributed by atoms with E-state index >= 15 is 0 Å². The number of aromatic amines is 1. The molecule has 0 radical (unpaired) electrons. The largest absolute Gasteiger partial charge is 0.399 e. The number of fused-ring (bicyclic) bond motifs is 1. The Balaban J connectivity index is 2.18. The summed E-state index contributed by atoms with van der Waals surface area (Å²) in [6, 6.07) is 5.12. The van der Waals surface area contributed by atoms with E-state index in [1.165, 1.54) is 0 Å². The smallest absolute Gasteiger partial charge is 0.260 e. The molecule has 108 valence electrons. The molecule has 0 aliphatic heterocycles. The molecule has 0 fully saturated rings. The fraction of sp³-hybridized carbons (Fsp3) is 0.429. The summed E-state index contributed by atoms with van der Waals surface area (Å²) in [5.74, 6) is 0.552. The summed E-state index contributed by atoms with van der Waals surface area (Å²) < 4.78 is 0. The summed E-state index contributed by atoms with van der Waals surface area (Å²) in [6.45, 7) is 1.000. The summed E-state index contributed by atoms with van der Waals surface area (Å²) in [4.78, 5) is 21.1. The van der Waals surface area contributed by atoms with Gasteiger partial charge in [-0.25, -0.2) is 4.98 Å². The van der Waals surface area contributed by atoms with Gasteiger partial charge in [0.2, 0.25) is 5.95 Å². The van der Waals surface area contributed by atoms with Crippen LogP contribution in [0.1, 0.15) is 19.3 Å². The predicted molar refractivity (Wildman–Crippen MR) is 81.0 cm³/mol. The Hall–Kier alpha value is -2.08. The first-order valence-electron chi connectivity index (χ1n) is 6.73. The molecule has 0 atom stereocenters. The van der Waals surface area contributed by atoms with Gasteiger partial charge in [0.05, 0.1) is 10.9 Å². The van der Waals surface area contributed by atoms with Crippen LogP contribution in [0.5, 0.6) is 0 Å². The van der Waals surface area contributed by atoms with E-state index in [4.69, 9.17) is 10.8 Å². The van der Waals surface area contributed by atoms with Gasteiger partial charge in [-0.3, -0.25) is 9.78 Å². The first kappa shape index (κ1) is 14.3. The second kappa shape index (κ2) is 6.38. The molecule has 1 heterocycles. The molecule has 2 aromatic rings. The number of nitrogens with zero attached hydrogens (tertiary/aromatic N) is 2. The number of aromatic nitrogens is 2. The average Bonchev–Trinajstić information content (AvgIpc) is 2.44. The number of anilines is 2. The maximum Gasteiger partial charge on any atom is 0.260 e. The van der Waals surface area contributed by atoms with Crippen LogP contribution in [0.25, 0.3) is 10.9 Å². The van der Waals surface area contributed by atoms with Crippen molar-refractivity contribution in [1.82, 2.24) is 9.97 Å². The molecular formula is C14H20N4O2. The molecule has 0 aliphatic rings. The number of aliphatic hydroxyl groups excluding tert-OH is 1. The molecular weight excluding hydrogens is 256 g/mol. The average molecular weight is 276 g/mol. The molecule has 0 unspecified atom stereocenters. The van der Waals surface area contributed by atoms with E-state index in [-0.39, 0.29) is 12.2 Å². The van der Waals surface area contributed by atoms with Crippen LogP contribution in [0, 0.1) is 0 Å². The Morgan fingerprint density at radius 1 is 1.35 bits per heavy atom. The molecule has 0 saturated heterocycles. The van der Waals surface area contributed by atoms with Crippen LogP contribution in [-0.4, -0.2) is 35.3 Å². The van der Waals surface area contributed by atoms with E-state index in [9.17, 15) is 4.79 Å². The number of benzene rings is 1. The molecule has 4 N–H and O–H groups in total. The number of hydrogen-bond acceptors (Lipinski definition) is 5. The Morgan fingerprint density at radius 2 is 2.15 bits per heavy atom. The number of H-pyrrole nitrogens is 1. The summed E-state index contributed by atoms with van der Waals surface area (Å²) in [6.07, 6.45) is 2.70. The molecule has 6 heteroatoms. The number of aliphatic hydroxyl groups is 1. The first-order valence-corrected chi connectivity index (χ1v) is 6.73. The minimum Gasteiger partial charge on any atom is -0.399 e. The maximum absolute atomic E-state index is 12.0. The lowest BCUT2D eigenvalue weighted by Crippen LogP contribution is -2.24. The lowest BCUT2D eigenvalue weighted by atomic mass is 10.2. The highest BCUT2D eigenvalue weighted by Gasteiger charge is 2.07. The van der Waals surface area contributed by atoms with Crippen molar-refractivity contribution in [2.24, 2.45) is 0 Å². The van der Waals surface area contributed by atoms with Crippen molar-refractivity contribution in [1.29, 1.82) is 0 Å². The van der Waals surface area contributed by atoms with E-state index in [0.29, 0.717) is 22.5 Å². The first-order chi connectivity index (χ1) is 9.61. The highest BCUT2D eigenvalue weighted by molar-refractivity contribution is 5.81. The predicted octanol–water partition coefficient (Wildman–Crippen LogP) is 1.10. The number of nitrogens with one attached hydrogen (secondary N) is 1. The van der Waals surface area contributed by atoms with Crippen molar-refractivity contribution < 1.29 is 5.11 Å². The van der Waals surface area contributed by atoms with Crippen LogP contribution in [0.4, 0.5) is 11.6 Å². The highest BCUT2D eigenvalue weighted by atomic mass is 16.2. The van der Waals surface area contributed by atoms with Gasteiger partial charge in [0.25, 0.3) is 5.56 Å². The van der Waals surface area contributed by atoms with Gasteiger partial charge in [-0.05, 0) is 37.5 Å². The van der Waals surface area contributed by atoms with Crippen LogP contribution < -0.4 is 16.2 Å². The number of nitrogen functional groups attached to an aromatic ring is 1. The van der Waals surface area contributed by atoms with Gasteiger partial charge >= 0.3 is 0 Å². The Bertz CT molecular complexity index is 639. The van der Waals surface area contributed by atoms with Gasteiger partial charge in [-0.15, -0.1) is 0 Å². The van der Waals surface area contributed by atoms with E-state index in [1.807, 2.05) is 11.9 Å². The number of nitrogens with two attached hydrogens (primary N) is 1. The zero-order valence-corrected chi connectivity index (χ0v) is 11.6. The molecule has 0 bridgehead atoms. The summed E-state index contributed by atoms with van der Waals surface area (Å²) in [5.41, 5.74) is 6.68. The topological polar surface area (TPSA) is 95.2 Å². The standard InChI is InChI=1S/C14H20N4O2/c1-18(7-3-2-4-8-19)14-16-12-6-5-10(15)9-11(12)13(20)17-14/h5-6,9,19H,2-4,7-8,15H2,1H3,(H,16,17,20). The maximum atomic E-state index is 12.0. The minimum absolute atomic E-state index is 0.181. The minimum atomic E-state index is -0.181. The lowest BCUT2D eigenvalue weighted by molar-refractivity contribution is 0.283. The van der Waals surface area contributed by atoms with Gasteiger partial charge in [0.1, 0.15) is 0 Å². The van der Waals surface area contributed by atoms with Crippen LogP contribution in [0.15, 0.2) is 23.0 Å². The number of unbranched alkanes of at least 4 members (excludes halogenated alkanes) is 2. The van der Waals surface area contributed by atoms with Crippen molar-refractivity contribution in [3.05, 3.63) is 28.6 Å². The molecule has 0 saturated carbocycles. The number of rotatable bonds is 6. The summed E-state index contributed by atoms with van der Waals surface area (Å²) >= 11 is 0. The van der Waals surface area contributed by atoms with Crippen molar-refractivity contribution in [3.8, 4) is 0 Å². The van der Waals surface area contributed by atoms with Crippen molar-refractivity contribution in [2.75, 3.05) is 30.8 Å². The van der Waals surface area contributed by atoms with Crippen LogP contribution >= 0.6 is 0 Å². The zero-order valence-electron chi connectivity index (χ0n) is 11.6. The molecule has 2 rings (SSSR count). The molecule has 20 heavy (non-hydrogen) atoms. The van der Waals surface area contributed by atoms with Crippen molar-refractivity contribution in [3.63, 3.8) is 0 Å². The molecule has 1 aromatic carbocycles. The fourth-order valence-corrected chi connectivity index (χ4v) is 2.07. The Morgan fingerprint density at radius 3 is 2.90 bits per heavy atom. The molecule has 6 nitrogen and oxygen atoms in total. The quantitative estimate of drug-likeness (QED) is 0.542. The monoisotopic (exact) mass is 276 g/mol. The summed E-state index contributed by atoms with van der Waals surface area (Å²) in [7, 11) is 1.89. The zero-order chi connectivity index (χ0) is 14.5. The van der Waals surface area contributed by atoms with E-state index in [0.717, 1.165) is 25.8 Å². The number of hydrogen-bond donors (Lipinski definition) is 3. The second-order valence-corrected chi connectivity index (χ2v) is 4.87. The molecule has 0 aliphatic carbocycles. The van der Waals surface area contributed by atoms with Crippen LogP contribution in [0.3, 0.4) is 0 Å². The van der Waals surface area contributed by atoms with Crippen LogP contribution in [-0.2, 0) is 0 Å². The lowest BCUT2D eigenvalue weighted by Gasteiger charge is -2.17. The van der Waals surface area contributed by atoms with Gasteiger partial charge < -0.3 is 15.7 Å². The van der Waals surface area contributed by atoms with E-state index < -0.39 is 0 Å². The normalized spacial score (nSPS) is 10.9. The molecule has 0 amide bonds. The van der Waals surface area contributed by atoms with Crippen LogP contribution in [0.2, 0.25) is 0 Å². The third-order valence-electron chi connectivity index (χ3n) is 3.23. The Labute approximate surface area is 117 Å². The SMILES string of the molecule is CN(CCCCCO)c1nc2ccc(N)cc2c(=O)[nH]1. The third kappa shape index (κ3) is 3.27. The Kier molecular flexibility index (Phi) is 4.57. The van der Waals surface area contributed by atoms with Crippen molar-refractivity contribution in [2.45, 2.75) is 19.3 Å². The van der Waals surface area contributed by atoms with E-state index in [1.54, 1.807) is 18.2 Å². The fourth-order valence-electron chi connectivity index (χ4n) is 2.07. The third-order valence-corrected chi connectivity index (χ3v) is 3.23. The summed E-state index contributed by atoms with van der Waals surface area (Å²) in [5, 5.41) is 9.24. The van der Waals surface area contributed by atoms with Gasteiger partial charge in [-0.2, -0.15) is 0 Å². The van der Waals surface area contributed by atoms with Gasteiger partial charge in [0.15, 0.2) is 0 Å². The van der Waals surface area contributed by atoms with Gasteiger partial charge in [-0.1, -0.05) is 0 Å². The van der Waals surface area contributed by atoms with Gasteiger partial charge in [0, 0.05) is 25.9 Å².